The van der Waals surface area contributed by atoms with Crippen molar-refractivity contribution >= 4 is 17.7 Å². The predicted molar refractivity (Wildman–Crippen MR) is 98.2 cm³/mol. The first-order valence-corrected chi connectivity index (χ1v) is 9.36. The zero-order valence-electron chi connectivity index (χ0n) is 14.4. The summed E-state index contributed by atoms with van der Waals surface area (Å²) in [6.07, 6.45) is 8.70. The summed E-state index contributed by atoms with van der Waals surface area (Å²) in [5.74, 6) is 0.0781. The van der Waals surface area contributed by atoms with Crippen molar-refractivity contribution in [1.82, 2.24) is 14.9 Å². The van der Waals surface area contributed by atoms with E-state index >= 15 is 0 Å². The molecule has 1 aromatic heterocycles. The number of nitrogens with zero attached hydrogens (tertiary/aromatic N) is 2. The van der Waals surface area contributed by atoms with Gasteiger partial charge in [0.1, 0.15) is 0 Å². The maximum Gasteiger partial charge on any atom is 0.226 e. The van der Waals surface area contributed by atoms with Crippen LogP contribution in [0.15, 0.2) is 41.7 Å². The third-order valence-corrected chi connectivity index (χ3v) is 6.23. The van der Waals surface area contributed by atoms with Crippen LogP contribution in [-0.2, 0) is 18.3 Å². The first-order valence-electron chi connectivity index (χ1n) is 8.54. The molecule has 0 aliphatic heterocycles. The second-order valence-corrected chi connectivity index (χ2v) is 8.30. The highest BCUT2D eigenvalue weighted by atomic mass is 32.2. The molecule has 1 N–H and O–H groups in total. The molecule has 1 saturated carbocycles. The number of aromatic nitrogens is 2. The summed E-state index contributed by atoms with van der Waals surface area (Å²) in [6, 6.07) is 8.70. The van der Waals surface area contributed by atoms with Crippen molar-refractivity contribution < 1.29 is 4.79 Å². The van der Waals surface area contributed by atoms with Gasteiger partial charge >= 0.3 is 0 Å². The minimum atomic E-state index is 0.0781. The van der Waals surface area contributed by atoms with Crippen LogP contribution < -0.4 is 5.32 Å². The van der Waals surface area contributed by atoms with Crippen LogP contribution in [-0.4, -0.2) is 26.8 Å². The molecule has 4 nitrogen and oxygen atoms in total. The Morgan fingerprint density at radius 3 is 2.62 bits per heavy atom. The van der Waals surface area contributed by atoms with Gasteiger partial charge in [0.2, 0.25) is 5.91 Å². The Hall–Kier alpha value is -1.75. The summed E-state index contributed by atoms with van der Waals surface area (Å²) < 4.78 is 2.03. The van der Waals surface area contributed by atoms with Crippen LogP contribution in [0.25, 0.3) is 0 Å². The van der Waals surface area contributed by atoms with Crippen molar-refractivity contribution in [2.24, 2.45) is 7.05 Å². The van der Waals surface area contributed by atoms with E-state index in [0.717, 1.165) is 25.1 Å². The Balaban J connectivity index is 1.60. The van der Waals surface area contributed by atoms with Gasteiger partial charge in [0.05, 0.1) is 12.7 Å². The number of hydrogen-bond donors (Lipinski definition) is 1. The second-order valence-electron chi connectivity index (χ2n) is 6.75. The summed E-state index contributed by atoms with van der Waals surface area (Å²) in [6.45, 7) is 2.85. The first-order chi connectivity index (χ1) is 11.6. The zero-order chi connectivity index (χ0) is 17.0. The minimum Gasteiger partial charge on any atom is -0.354 e. The molecular weight excluding hydrogens is 318 g/mol. The highest BCUT2D eigenvalue weighted by Crippen LogP contribution is 2.44. The van der Waals surface area contributed by atoms with E-state index in [1.807, 2.05) is 23.4 Å². The minimum absolute atomic E-state index is 0.0781. The molecule has 1 aliphatic rings. The first kappa shape index (κ1) is 17.1. The van der Waals surface area contributed by atoms with Crippen LogP contribution in [0, 0.1) is 6.92 Å². The lowest BCUT2D eigenvalue weighted by Gasteiger charge is -2.29. The molecule has 3 rings (SSSR count). The molecule has 0 unspecified atom stereocenters. The molecule has 0 radical (unpaired) electrons. The largest absolute Gasteiger partial charge is 0.354 e. The van der Waals surface area contributed by atoms with Gasteiger partial charge in [-0.3, -0.25) is 4.79 Å². The Morgan fingerprint density at radius 2 is 2.00 bits per heavy atom. The molecule has 0 atom stereocenters. The van der Waals surface area contributed by atoms with Gasteiger partial charge in [0.25, 0.3) is 0 Å². The number of benzene rings is 1. The summed E-state index contributed by atoms with van der Waals surface area (Å²) in [4.78, 5) is 17.7. The van der Waals surface area contributed by atoms with Gasteiger partial charge in [0, 0.05) is 35.1 Å². The van der Waals surface area contributed by atoms with Crippen LogP contribution in [0.5, 0.6) is 0 Å². The van der Waals surface area contributed by atoms with Gasteiger partial charge in [-0.15, -0.1) is 11.8 Å². The van der Waals surface area contributed by atoms with E-state index in [2.05, 4.69) is 41.5 Å². The maximum absolute atomic E-state index is 12.3. The number of rotatable bonds is 6. The molecule has 1 fully saturated rings. The Bertz CT molecular complexity index is 687. The van der Waals surface area contributed by atoms with Gasteiger partial charge in [-0.1, -0.05) is 30.5 Å². The van der Waals surface area contributed by atoms with Crippen LogP contribution in [0.4, 0.5) is 0 Å². The summed E-state index contributed by atoms with van der Waals surface area (Å²) in [7, 11) is 1.92. The SMILES string of the molecule is Cc1ccc(SC2(CNC(=O)Cc3cncn3C)CCCC2)cc1. The smallest absolute Gasteiger partial charge is 0.226 e. The number of amides is 1. The van der Waals surface area contributed by atoms with E-state index in [-0.39, 0.29) is 10.7 Å². The van der Waals surface area contributed by atoms with Gasteiger partial charge in [0.15, 0.2) is 0 Å². The van der Waals surface area contributed by atoms with Crippen molar-refractivity contribution in [3.8, 4) is 0 Å². The zero-order valence-corrected chi connectivity index (χ0v) is 15.2. The lowest BCUT2D eigenvalue weighted by atomic mass is 10.1. The fourth-order valence-corrected chi connectivity index (χ4v) is 4.64. The molecule has 24 heavy (non-hydrogen) atoms. The van der Waals surface area contributed by atoms with Crippen molar-refractivity contribution in [2.75, 3.05) is 6.54 Å². The van der Waals surface area contributed by atoms with Crippen LogP contribution in [0.2, 0.25) is 0 Å². The number of nitrogens with one attached hydrogen (secondary N) is 1. The van der Waals surface area contributed by atoms with Crippen molar-refractivity contribution in [1.29, 1.82) is 0 Å². The molecule has 5 heteroatoms. The lowest BCUT2D eigenvalue weighted by molar-refractivity contribution is -0.120. The second kappa shape index (κ2) is 7.43. The molecule has 1 heterocycles. The quantitative estimate of drug-likeness (QED) is 0.873. The molecule has 1 amide bonds. The van der Waals surface area contributed by atoms with Gasteiger partial charge < -0.3 is 9.88 Å². The number of carbonyl (C=O) groups excluding carboxylic acids is 1. The third-order valence-electron chi connectivity index (χ3n) is 4.74. The van der Waals surface area contributed by atoms with E-state index in [1.54, 1.807) is 12.5 Å². The Morgan fingerprint density at radius 1 is 1.29 bits per heavy atom. The molecule has 0 bridgehead atoms. The van der Waals surface area contributed by atoms with E-state index < -0.39 is 0 Å². The standard InChI is InChI=1S/C19H25N3OS/c1-15-5-7-17(8-6-15)24-19(9-3-4-10-19)13-21-18(23)11-16-12-20-14-22(16)2/h5-8,12,14H,3-4,9-11,13H2,1-2H3,(H,21,23). The molecule has 128 valence electrons. The Kier molecular flexibility index (Phi) is 5.29. The summed E-state index contributed by atoms with van der Waals surface area (Å²) in [5.41, 5.74) is 2.23. The molecule has 2 aromatic rings. The maximum atomic E-state index is 12.3. The number of thioether (sulfide) groups is 1. The van der Waals surface area contributed by atoms with E-state index in [9.17, 15) is 4.79 Å². The number of imidazole rings is 1. The van der Waals surface area contributed by atoms with E-state index in [0.29, 0.717) is 6.42 Å². The van der Waals surface area contributed by atoms with Gasteiger partial charge in [-0.05, 0) is 31.9 Å². The van der Waals surface area contributed by atoms with Crippen molar-refractivity contribution in [2.45, 2.75) is 48.7 Å². The highest BCUT2D eigenvalue weighted by molar-refractivity contribution is 8.00. The number of hydrogen-bond acceptors (Lipinski definition) is 3. The van der Waals surface area contributed by atoms with Gasteiger partial charge in [-0.2, -0.15) is 0 Å². The van der Waals surface area contributed by atoms with E-state index in [1.165, 1.54) is 23.3 Å². The average Bonchev–Trinajstić information content (AvgIpc) is 3.18. The highest BCUT2D eigenvalue weighted by Gasteiger charge is 2.35. The Labute approximate surface area is 148 Å². The number of aryl methyl sites for hydroxylation is 2. The predicted octanol–water partition coefficient (Wildman–Crippen LogP) is 3.49. The molecule has 0 spiro atoms. The molecular formula is C19H25N3OS. The molecule has 1 aromatic carbocycles. The molecule has 1 aliphatic carbocycles. The lowest BCUT2D eigenvalue weighted by Crippen LogP contribution is -2.39. The normalized spacial score (nSPS) is 16.2. The fourth-order valence-electron chi connectivity index (χ4n) is 3.23. The van der Waals surface area contributed by atoms with E-state index in [4.69, 9.17) is 0 Å². The summed E-state index contributed by atoms with van der Waals surface area (Å²) >= 11 is 1.93. The van der Waals surface area contributed by atoms with Crippen LogP contribution in [0.3, 0.4) is 0 Å². The summed E-state index contributed by atoms with van der Waals surface area (Å²) in [5, 5.41) is 3.16. The van der Waals surface area contributed by atoms with Crippen molar-refractivity contribution in [3.63, 3.8) is 0 Å². The molecule has 0 saturated heterocycles. The van der Waals surface area contributed by atoms with Gasteiger partial charge in [-0.25, -0.2) is 4.98 Å². The topological polar surface area (TPSA) is 46.9 Å². The average molecular weight is 343 g/mol. The van der Waals surface area contributed by atoms with Crippen LogP contribution >= 0.6 is 11.8 Å². The monoisotopic (exact) mass is 343 g/mol. The number of carbonyl (C=O) groups is 1. The van der Waals surface area contributed by atoms with Crippen LogP contribution in [0.1, 0.15) is 36.9 Å². The third kappa shape index (κ3) is 4.20. The fraction of sp³-hybridized carbons (Fsp3) is 0.474. The van der Waals surface area contributed by atoms with Crippen molar-refractivity contribution in [3.05, 3.63) is 48.0 Å².